The lowest BCUT2D eigenvalue weighted by Crippen LogP contribution is -2.39. The number of nitrogens with two attached hydrogens (primary N) is 1. The van der Waals surface area contributed by atoms with E-state index in [2.05, 4.69) is 10.2 Å². The van der Waals surface area contributed by atoms with E-state index in [1.165, 1.54) is 6.92 Å². The molecule has 0 aromatic carbocycles. The molecular weight excluding hydrogens is 300 g/mol. The summed E-state index contributed by atoms with van der Waals surface area (Å²) in [5.41, 5.74) is 4.09. The molecule has 1 aliphatic heterocycles. The van der Waals surface area contributed by atoms with E-state index in [4.69, 9.17) is 10.8 Å². The van der Waals surface area contributed by atoms with Gasteiger partial charge in [0.1, 0.15) is 5.56 Å². The predicted molar refractivity (Wildman–Crippen MR) is 71.0 cm³/mol. The fraction of sp³-hybridized carbons (Fsp3) is 0.545. The van der Waals surface area contributed by atoms with Crippen LogP contribution in [-0.2, 0) is 14.8 Å². The third-order valence-electron chi connectivity index (χ3n) is 3.75. The maximum atomic E-state index is 12.5. The van der Waals surface area contributed by atoms with Gasteiger partial charge in [-0.25, -0.2) is 13.2 Å². The normalized spacial score (nSPS) is 23.3. The van der Waals surface area contributed by atoms with Crippen LogP contribution in [0.15, 0.2) is 5.03 Å². The Morgan fingerprint density at radius 2 is 2.10 bits per heavy atom. The SMILES string of the molecule is Cc1[nH]nc(S(=O)(=O)N2CCC(C)(C(N)=O)C2)c1C(=O)O. The Morgan fingerprint density at radius 3 is 2.57 bits per heavy atom. The summed E-state index contributed by atoms with van der Waals surface area (Å²) in [5.74, 6) is -1.96. The van der Waals surface area contributed by atoms with E-state index in [1.807, 2.05) is 0 Å². The van der Waals surface area contributed by atoms with E-state index < -0.39 is 32.3 Å². The largest absolute Gasteiger partial charge is 0.478 e. The second-order valence-electron chi connectivity index (χ2n) is 5.35. The van der Waals surface area contributed by atoms with E-state index >= 15 is 0 Å². The standard InChI is InChI=1S/C11H16N4O5S/c1-6-7(9(16)17)8(14-13-6)21(19,20)15-4-3-11(2,5-15)10(12)18/h3-5H2,1-2H3,(H2,12,18)(H,13,14)(H,16,17). The van der Waals surface area contributed by atoms with Gasteiger partial charge < -0.3 is 10.8 Å². The Hall–Kier alpha value is -1.94. The molecular formula is C11H16N4O5S. The monoisotopic (exact) mass is 316 g/mol. The number of nitrogens with one attached hydrogen (secondary N) is 1. The molecule has 21 heavy (non-hydrogen) atoms. The Balaban J connectivity index is 2.41. The molecule has 116 valence electrons. The van der Waals surface area contributed by atoms with Gasteiger partial charge in [0.05, 0.1) is 5.41 Å². The highest BCUT2D eigenvalue weighted by Crippen LogP contribution is 2.33. The second-order valence-corrected chi connectivity index (χ2v) is 7.20. The lowest BCUT2D eigenvalue weighted by molar-refractivity contribution is -0.126. The number of amides is 1. The van der Waals surface area contributed by atoms with Gasteiger partial charge in [-0.1, -0.05) is 0 Å². The summed E-state index contributed by atoms with van der Waals surface area (Å²) in [5, 5.41) is 14.5. The minimum absolute atomic E-state index is 0.0877. The zero-order valence-corrected chi connectivity index (χ0v) is 12.4. The molecule has 9 nitrogen and oxygen atoms in total. The minimum Gasteiger partial charge on any atom is -0.478 e. The van der Waals surface area contributed by atoms with E-state index in [1.54, 1.807) is 6.92 Å². The van der Waals surface area contributed by atoms with E-state index in [0.717, 1.165) is 4.31 Å². The summed E-state index contributed by atoms with van der Waals surface area (Å²) in [6.45, 7) is 3.01. The van der Waals surface area contributed by atoms with Crippen molar-refractivity contribution in [1.29, 1.82) is 0 Å². The van der Waals surface area contributed by atoms with Crippen LogP contribution in [0.5, 0.6) is 0 Å². The Labute approximate surface area is 121 Å². The molecule has 1 aromatic rings. The van der Waals surface area contributed by atoms with Gasteiger partial charge in [-0.2, -0.15) is 9.40 Å². The number of carbonyl (C=O) groups excluding carboxylic acids is 1. The van der Waals surface area contributed by atoms with Crippen LogP contribution in [0.25, 0.3) is 0 Å². The first-order valence-electron chi connectivity index (χ1n) is 6.18. The van der Waals surface area contributed by atoms with Gasteiger partial charge in [0.2, 0.25) is 10.9 Å². The molecule has 1 saturated heterocycles. The van der Waals surface area contributed by atoms with Gasteiger partial charge >= 0.3 is 5.97 Å². The number of carboxylic acids is 1. The number of hydrogen-bond acceptors (Lipinski definition) is 5. The molecule has 0 spiro atoms. The molecule has 4 N–H and O–H groups in total. The van der Waals surface area contributed by atoms with Crippen LogP contribution in [0.2, 0.25) is 0 Å². The number of carbonyl (C=O) groups is 2. The number of rotatable bonds is 4. The molecule has 0 radical (unpaired) electrons. The summed E-state index contributed by atoms with van der Waals surface area (Å²) >= 11 is 0. The number of H-pyrrole nitrogens is 1. The Kier molecular flexibility index (Phi) is 3.54. The van der Waals surface area contributed by atoms with Crippen LogP contribution in [-0.4, -0.2) is 53.0 Å². The van der Waals surface area contributed by atoms with Crippen LogP contribution in [0.3, 0.4) is 0 Å². The lowest BCUT2D eigenvalue weighted by Gasteiger charge is -2.20. The molecule has 0 saturated carbocycles. The zero-order valence-electron chi connectivity index (χ0n) is 11.6. The third kappa shape index (κ3) is 2.40. The number of aromatic carboxylic acids is 1. The van der Waals surface area contributed by atoms with Crippen LogP contribution in [0.4, 0.5) is 0 Å². The molecule has 10 heteroatoms. The van der Waals surface area contributed by atoms with Gasteiger partial charge in [0.25, 0.3) is 10.0 Å². The maximum absolute atomic E-state index is 12.5. The maximum Gasteiger partial charge on any atom is 0.340 e. The van der Waals surface area contributed by atoms with Crippen molar-refractivity contribution in [2.24, 2.45) is 11.1 Å². The molecule has 0 aliphatic carbocycles. The van der Waals surface area contributed by atoms with E-state index in [0.29, 0.717) is 0 Å². The molecule has 1 amide bonds. The van der Waals surface area contributed by atoms with Crippen LogP contribution in [0, 0.1) is 12.3 Å². The smallest absolute Gasteiger partial charge is 0.340 e. The van der Waals surface area contributed by atoms with E-state index in [-0.39, 0.29) is 30.8 Å². The molecule has 1 aromatic heterocycles. The van der Waals surface area contributed by atoms with Crippen molar-refractivity contribution in [2.75, 3.05) is 13.1 Å². The molecule has 0 bridgehead atoms. The second kappa shape index (κ2) is 4.81. The number of aryl methyl sites for hydroxylation is 1. The van der Waals surface area contributed by atoms with Gasteiger partial charge in [-0.15, -0.1) is 0 Å². The fourth-order valence-corrected chi connectivity index (χ4v) is 3.98. The van der Waals surface area contributed by atoms with Gasteiger partial charge in [0.15, 0.2) is 0 Å². The van der Waals surface area contributed by atoms with Gasteiger partial charge in [0, 0.05) is 18.8 Å². The third-order valence-corrected chi connectivity index (χ3v) is 5.52. The molecule has 1 unspecified atom stereocenters. The first-order valence-corrected chi connectivity index (χ1v) is 7.62. The Bertz CT molecular complexity index is 710. The van der Waals surface area contributed by atoms with Crippen LogP contribution in [0.1, 0.15) is 29.4 Å². The molecule has 1 atom stereocenters. The quantitative estimate of drug-likeness (QED) is 0.669. The number of hydrogen-bond donors (Lipinski definition) is 3. The van der Waals surface area contributed by atoms with Crippen LogP contribution >= 0.6 is 0 Å². The summed E-state index contributed by atoms with van der Waals surface area (Å²) in [6, 6.07) is 0. The summed E-state index contributed by atoms with van der Waals surface area (Å²) in [7, 11) is -4.10. The minimum atomic E-state index is -4.10. The van der Waals surface area contributed by atoms with E-state index in [9.17, 15) is 18.0 Å². The zero-order chi connectivity index (χ0) is 16.0. The Morgan fingerprint density at radius 1 is 1.48 bits per heavy atom. The number of aromatic nitrogens is 2. The highest BCUT2D eigenvalue weighted by molar-refractivity contribution is 7.89. The first-order chi connectivity index (χ1) is 9.59. The number of primary amides is 1. The fourth-order valence-electron chi connectivity index (χ4n) is 2.29. The topological polar surface area (TPSA) is 146 Å². The average Bonchev–Trinajstić information content (AvgIpc) is 2.94. The van der Waals surface area contributed by atoms with Crippen molar-refractivity contribution in [3.8, 4) is 0 Å². The van der Waals surface area contributed by atoms with Crippen molar-refractivity contribution >= 4 is 21.9 Å². The summed E-state index contributed by atoms with van der Waals surface area (Å²) in [4.78, 5) is 22.6. The molecule has 1 aliphatic rings. The van der Waals surface area contributed by atoms with Crippen molar-refractivity contribution in [3.05, 3.63) is 11.3 Å². The molecule has 1 fully saturated rings. The number of carboxylic acid groups (broad SMARTS) is 1. The van der Waals surface area contributed by atoms with Crippen molar-refractivity contribution in [1.82, 2.24) is 14.5 Å². The summed E-state index contributed by atoms with van der Waals surface area (Å²) < 4.78 is 26.1. The highest BCUT2D eigenvalue weighted by atomic mass is 32.2. The van der Waals surface area contributed by atoms with Gasteiger partial charge in [-0.3, -0.25) is 9.89 Å². The predicted octanol–water partition coefficient (Wildman–Crippen LogP) is -0.698. The van der Waals surface area contributed by atoms with Gasteiger partial charge in [-0.05, 0) is 20.3 Å². The molecule has 2 heterocycles. The first kappa shape index (κ1) is 15.4. The number of aromatic amines is 1. The number of nitrogens with zero attached hydrogens (tertiary/aromatic N) is 2. The van der Waals surface area contributed by atoms with Crippen molar-refractivity contribution < 1.29 is 23.1 Å². The summed E-state index contributed by atoms with van der Waals surface area (Å²) in [6.07, 6.45) is 0.285. The number of sulfonamides is 1. The molecule has 2 rings (SSSR count). The average molecular weight is 316 g/mol. The lowest BCUT2D eigenvalue weighted by atomic mass is 9.89. The highest BCUT2D eigenvalue weighted by Gasteiger charge is 2.45. The van der Waals surface area contributed by atoms with Crippen molar-refractivity contribution in [3.63, 3.8) is 0 Å². The van der Waals surface area contributed by atoms with Crippen molar-refractivity contribution in [2.45, 2.75) is 25.3 Å². The van der Waals surface area contributed by atoms with Crippen LogP contribution < -0.4 is 5.73 Å².